The molecule has 0 saturated heterocycles. The van der Waals surface area contributed by atoms with E-state index in [2.05, 4.69) is 36.4 Å². The fourth-order valence-corrected chi connectivity index (χ4v) is 3.65. The van der Waals surface area contributed by atoms with E-state index < -0.39 is 5.97 Å². The van der Waals surface area contributed by atoms with Crippen molar-refractivity contribution in [3.05, 3.63) is 84.4 Å². The number of carbonyl (C=O) groups is 1. The summed E-state index contributed by atoms with van der Waals surface area (Å²) >= 11 is 0. The van der Waals surface area contributed by atoms with Gasteiger partial charge in [0.25, 0.3) is 0 Å². The maximum atomic E-state index is 11.5. The Bertz CT molecular complexity index is 1270. The lowest BCUT2D eigenvalue weighted by Crippen LogP contribution is -1.99. The number of aromatic carboxylic acids is 1. The first kappa shape index (κ1) is 14.7. The molecule has 0 amide bonds. The van der Waals surface area contributed by atoms with Crippen LogP contribution in [0.4, 0.5) is 0 Å². The van der Waals surface area contributed by atoms with Gasteiger partial charge < -0.3 is 9.84 Å². The smallest absolute Gasteiger partial charge is 0.339 e. The van der Waals surface area contributed by atoms with Gasteiger partial charge in [-0.3, -0.25) is 0 Å². The topological polar surface area (TPSA) is 46.5 Å². The van der Waals surface area contributed by atoms with Crippen molar-refractivity contribution in [1.82, 2.24) is 0 Å². The molecule has 0 spiro atoms. The highest BCUT2D eigenvalue weighted by Crippen LogP contribution is 2.40. The van der Waals surface area contributed by atoms with Crippen LogP contribution in [0.3, 0.4) is 0 Å². The van der Waals surface area contributed by atoms with Crippen molar-refractivity contribution in [1.29, 1.82) is 0 Å². The van der Waals surface area contributed by atoms with Crippen LogP contribution in [0.1, 0.15) is 10.4 Å². The zero-order valence-corrected chi connectivity index (χ0v) is 13.8. The highest BCUT2D eigenvalue weighted by Gasteiger charge is 2.15. The molecule has 0 aromatic heterocycles. The van der Waals surface area contributed by atoms with Gasteiger partial charge >= 0.3 is 5.97 Å². The summed E-state index contributed by atoms with van der Waals surface area (Å²) in [5, 5.41) is 16.2. The normalized spacial score (nSPS) is 11.4. The molecule has 0 unspecified atom stereocenters. The highest BCUT2D eigenvalue weighted by atomic mass is 16.5. The molecule has 3 nitrogen and oxygen atoms in total. The number of carboxylic acid groups (broad SMARTS) is 1. The molecule has 0 aliphatic rings. The largest absolute Gasteiger partial charge is 0.478 e. The van der Waals surface area contributed by atoms with Crippen LogP contribution in [0.25, 0.3) is 32.3 Å². The Hall–Kier alpha value is -3.59. The highest BCUT2D eigenvalue weighted by molar-refractivity contribution is 6.24. The maximum absolute atomic E-state index is 11.5. The zero-order valence-electron chi connectivity index (χ0n) is 13.8. The average molecular weight is 338 g/mol. The molecule has 0 atom stereocenters. The van der Waals surface area contributed by atoms with Gasteiger partial charge in [-0.2, -0.15) is 0 Å². The molecule has 3 heteroatoms. The Morgan fingerprint density at radius 2 is 1.31 bits per heavy atom. The lowest BCUT2D eigenvalue weighted by molar-refractivity contribution is 0.0694. The number of hydrogen-bond donors (Lipinski definition) is 1. The van der Waals surface area contributed by atoms with Gasteiger partial charge in [0.1, 0.15) is 17.1 Å². The standard InChI is InChI=1S/C23H14O3/c24-23(25)18-6-1-2-7-19(18)26-20-13-11-16-9-8-14-4-3-5-15-10-12-17(20)22(16)21(14)15/h1-13H,(H,24,25). The van der Waals surface area contributed by atoms with Crippen LogP contribution in [-0.2, 0) is 0 Å². The molecule has 124 valence electrons. The molecular formula is C23H14O3. The number of ether oxygens (including phenoxy) is 1. The van der Waals surface area contributed by atoms with Crippen molar-refractivity contribution >= 4 is 38.3 Å². The molecule has 5 rings (SSSR count). The molecule has 0 aliphatic heterocycles. The second-order valence-corrected chi connectivity index (χ2v) is 6.32. The zero-order chi connectivity index (χ0) is 17.7. The summed E-state index contributed by atoms with van der Waals surface area (Å²) in [5.41, 5.74) is 0.151. The molecule has 0 bridgehead atoms. The molecule has 0 fully saturated rings. The van der Waals surface area contributed by atoms with Crippen LogP contribution in [0, 0.1) is 0 Å². The molecule has 0 heterocycles. The number of hydrogen-bond acceptors (Lipinski definition) is 2. The van der Waals surface area contributed by atoms with Gasteiger partial charge in [0, 0.05) is 10.8 Å². The quantitative estimate of drug-likeness (QED) is 0.406. The molecule has 5 aromatic rings. The van der Waals surface area contributed by atoms with Crippen molar-refractivity contribution in [2.75, 3.05) is 0 Å². The van der Waals surface area contributed by atoms with E-state index >= 15 is 0 Å². The Balaban J connectivity index is 1.78. The van der Waals surface area contributed by atoms with Crippen LogP contribution in [0.2, 0.25) is 0 Å². The molecule has 26 heavy (non-hydrogen) atoms. The molecule has 1 N–H and O–H groups in total. The minimum atomic E-state index is -1.00. The lowest BCUT2D eigenvalue weighted by Gasteiger charge is -2.15. The van der Waals surface area contributed by atoms with Crippen LogP contribution in [0.5, 0.6) is 11.5 Å². The second kappa shape index (κ2) is 5.46. The predicted octanol–water partition coefficient (Wildman–Crippen LogP) is 6.07. The number of benzene rings is 5. The van der Waals surface area contributed by atoms with Crippen molar-refractivity contribution in [3.8, 4) is 11.5 Å². The predicted molar refractivity (Wildman–Crippen MR) is 104 cm³/mol. The van der Waals surface area contributed by atoms with Gasteiger partial charge in [-0.25, -0.2) is 4.79 Å². The molecule has 0 radical (unpaired) electrons. The Morgan fingerprint density at radius 1 is 0.654 bits per heavy atom. The third kappa shape index (κ3) is 2.11. The number of rotatable bonds is 3. The second-order valence-electron chi connectivity index (χ2n) is 6.32. The first-order valence-corrected chi connectivity index (χ1v) is 8.39. The minimum Gasteiger partial charge on any atom is -0.478 e. The van der Waals surface area contributed by atoms with E-state index in [1.165, 1.54) is 16.2 Å². The summed E-state index contributed by atoms with van der Waals surface area (Å²) in [6.45, 7) is 0. The van der Waals surface area contributed by atoms with Crippen molar-refractivity contribution in [2.45, 2.75) is 0 Å². The van der Waals surface area contributed by atoms with Crippen molar-refractivity contribution in [2.24, 2.45) is 0 Å². The van der Waals surface area contributed by atoms with E-state index in [1.54, 1.807) is 24.3 Å². The molecule has 5 aromatic carbocycles. The lowest BCUT2D eigenvalue weighted by atomic mass is 9.94. The third-order valence-corrected chi connectivity index (χ3v) is 4.83. The first-order chi connectivity index (χ1) is 12.7. The van der Waals surface area contributed by atoms with Crippen molar-refractivity contribution < 1.29 is 14.6 Å². The van der Waals surface area contributed by atoms with Crippen LogP contribution < -0.4 is 4.74 Å². The van der Waals surface area contributed by atoms with E-state index in [1.807, 2.05) is 18.2 Å². The number of carboxylic acids is 1. The van der Waals surface area contributed by atoms with Crippen molar-refractivity contribution in [3.63, 3.8) is 0 Å². The van der Waals surface area contributed by atoms with Gasteiger partial charge in [-0.05, 0) is 45.8 Å². The van der Waals surface area contributed by atoms with Gasteiger partial charge in [-0.1, -0.05) is 54.6 Å². The minimum absolute atomic E-state index is 0.151. The van der Waals surface area contributed by atoms with E-state index in [9.17, 15) is 9.90 Å². The monoisotopic (exact) mass is 338 g/mol. The fourth-order valence-electron chi connectivity index (χ4n) is 3.65. The Labute approximate surface area is 149 Å². The van der Waals surface area contributed by atoms with E-state index in [0.717, 1.165) is 16.2 Å². The van der Waals surface area contributed by atoms with Crippen LogP contribution >= 0.6 is 0 Å². The van der Waals surface area contributed by atoms with E-state index in [-0.39, 0.29) is 5.56 Å². The summed E-state index contributed by atoms with van der Waals surface area (Å²) in [5.74, 6) is -0.00204. The maximum Gasteiger partial charge on any atom is 0.339 e. The SMILES string of the molecule is O=C(O)c1ccccc1Oc1ccc2ccc3cccc4ccc1c2c34. The van der Waals surface area contributed by atoms with Gasteiger partial charge in [0.15, 0.2) is 0 Å². The Morgan fingerprint density at radius 3 is 2.08 bits per heavy atom. The Kier molecular flexibility index (Phi) is 3.09. The summed E-state index contributed by atoms with van der Waals surface area (Å²) in [6, 6.07) is 25.3. The van der Waals surface area contributed by atoms with E-state index in [0.29, 0.717) is 11.5 Å². The molecule has 0 saturated carbocycles. The summed E-state index contributed by atoms with van der Waals surface area (Å²) in [4.78, 5) is 11.5. The average Bonchev–Trinajstić information content (AvgIpc) is 2.67. The van der Waals surface area contributed by atoms with E-state index in [4.69, 9.17) is 4.74 Å². The van der Waals surface area contributed by atoms with Gasteiger partial charge in [0.2, 0.25) is 0 Å². The van der Waals surface area contributed by atoms with Crippen LogP contribution in [0.15, 0.2) is 78.9 Å². The van der Waals surface area contributed by atoms with Gasteiger partial charge in [-0.15, -0.1) is 0 Å². The molecule has 0 aliphatic carbocycles. The summed E-state index contributed by atoms with van der Waals surface area (Å²) in [7, 11) is 0. The summed E-state index contributed by atoms with van der Waals surface area (Å²) < 4.78 is 6.05. The van der Waals surface area contributed by atoms with Crippen LogP contribution in [-0.4, -0.2) is 11.1 Å². The number of para-hydroxylation sites is 1. The third-order valence-electron chi connectivity index (χ3n) is 4.83. The first-order valence-electron chi connectivity index (χ1n) is 8.39. The molecular weight excluding hydrogens is 324 g/mol. The fraction of sp³-hybridized carbons (Fsp3) is 0. The summed E-state index contributed by atoms with van der Waals surface area (Å²) in [6.07, 6.45) is 0. The van der Waals surface area contributed by atoms with Gasteiger partial charge in [0.05, 0.1) is 0 Å².